The zero-order chi connectivity index (χ0) is 39.5. The van der Waals surface area contributed by atoms with Gasteiger partial charge in [-0.1, -0.05) is 119 Å². The van der Waals surface area contributed by atoms with E-state index in [0.717, 1.165) is 76.8 Å². The van der Waals surface area contributed by atoms with Crippen LogP contribution in [0.25, 0.3) is 99.1 Å². The molecule has 0 bridgehead atoms. The number of pyridine rings is 2. The molecule has 0 aliphatic carbocycles. The molecule has 5 heterocycles. The van der Waals surface area contributed by atoms with Crippen LogP contribution in [0.5, 0.6) is 11.5 Å². The van der Waals surface area contributed by atoms with Crippen LogP contribution in [0.2, 0.25) is 0 Å². The molecule has 5 aromatic heterocycles. The summed E-state index contributed by atoms with van der Waals surface area (Å²) in [6, 6.07) is 49.7. The summed E-state index contributed by atoms with van der Waals surface area (Å²) < 4.78 is 11.1. The maximum absolute atomic E-state index is 6.68. The molecule has 60 heavy (non-hydrogen) atoms. The number of ether oxygens (including phenoxy) is 1. The number of imidazole rings is 2. The van der Waals surface area contributed by atoms with Gasteiger partial charge in [-0.2, -0.15) is 0 Å². The minimum Gasteiger partial charge on any atom is -0.497 e. The largest absolute Gasteiger partial charge is 2.00 e. The van der Waals surface area contributed by atoms with E-state index in [-0.39, 0.29) is 20.4 Å². The minimum atomic E-state index is 0. The maximum Gasteiger partial charge on any atom is 2.00 e. The summed E-state index contributed by atoms with van der Waals surface area (Å²) in [5.41, 5.74) is 17.2. The molecule has 288 valence electrons. The van der Waals surface area contributed by atoms with Crippen LogP contribution < -0.4 is 4.74 Å². The minimum absolute atomic E-state index is 0. The fraction of sp³-hybridized carbons (Fsp3) is 0.0769. The smallest absolute Gasteiger partial charge is 0.497 e. The van der Waals surface area contributed by atoms with E-state index < -0.39 is 0 Å². The fourth-order valence-corrected chi connectivity index (χ4v) is 9.46. The molecule has 0 N–H and O–H groups in total. The Kier molecular flexibility index (Phi) is 8.15. The monoisotopic (exact) mass is 864 g/mol. The van der Waals surface area contributed by atoms with Crippen LogP contribution in [0, 0.1) is 39.8 Å². The van der Waals surface area contributed by atoms with Crippen molar-refractivity contribution in [3.8, 4) is 33.8 Å². The fourth-order valence-electron chi connectivity index (χ4n) is 9.46. The number of fused-ring (bicyclic) bond motifs is 16. The van der Waals surface area contributed by atoms with Gasteiger partial charge in [0.05, 0.1) is 33.4 Å². The second-order valence-electron chi connectivity index (χ2n) is 15.5. The Morgan fingerprint density at radius 3 is 1.65 bits per heavy atom. The summed E-state index contributed by atoms with van der Waals surface area (Å²) in [6.45, 7) is 8.86. The predicted octanol–water partition coefficient (Wildman–Crippen LogP) is 12.6. The molecule has 0 atom stereocenters. The van der Waals surface area contributed by atoms with Crippen molar-refractivity contribution in [1.82, 2.24) is 28.7 Å². The molecule has 8 heteroatoms. The van der Waals surface area contributed by atoms with Gasteiger partial charge in [-0.05, 0) is 96.3 Å². The summed E-state index contributed by atoms with van der Waals surface area (Å²) >= 11 is 0. The number of benzene rings is 7. The van der Waals surface area contributed by atoms with Crippen molar-refractivity contribution in [2.45, 2.75) is 27.7 Å². The van der Waals surface area contributed by atoms with E-state index in [1.165, 1.54) is 44.5 Å². The standard InChI is InChI=1S/C52H34N6O.Pd/c1-29-11-9-12-30(2)46(29)38-24-23-37-35-21-19-33(25-39(35)51-55-42-15-5-7-17-44(42)57(51)49(37)48(38)47-31(3)13-10-14-32(47)4)59-34-20-22-36-40(26-34)52-56-43-16-6-8-18-45(43)58(52)50-41(36)27-53-28-54-50;/h5-24,27-28H,1-4H3;/q-2;+2. The first-order valence-corrected chi connectivity index (χ1v) is 19.8. The third kappa shape index (κ3) is 5.18. The number of aromatic nitrogens is 6. The van der Waals surface area contributed by atoms with Crippen LogP contribution in [-0.2, 0) is 20.4 Å². The molecule has 0 saturated heterocycles. The first-order chi connectivity index (χ1) is 28.9. The molecular formula is C52H34N6OPd. The zero-order valence-electron chi connectivity index (χ0n) is 33.1. The van der Waals surface area contributed by atoms with Gasteiger partial charge in [-0.25, -0.2) is 9.97 Å². The summed E-state index contributed by atoms with van der Waals surface area (Å²) in [7, 11) is 0. The summed E-state index contributed by atoms with van der Waals surface area (Å²) in [5, 5.41) is 5.75. The molecular weight excluding hydrogens is 831 g/mol. The topological polar surface area (TPSA) is 69.6 Å². The normalized spacial score (nSPS) is 11.9. The maximum atomic E-state index is 6.68. The number of hydrogen-bond donors (Lipinski definition) is 0. The summed E-state index contributed by atoms with van der Waals surface area (Å²) in [4.78, 5) is 19.4. The molecule has 7 aromatic carbocycles. The van der Waals surface area contributed by atoms with Crippen molar-refractivity contribution < 1.29 is 25.2 Å². The van der Waals surface area contributed by atoms with Crippen LogP contribution in [-0.4, -0.2) is 28.7 Å². The van der Waals surface area contributed by atoms with Gasteiger partial charge in [0.15, 0.2) is 0 Å². The quantitative estimate of drug-likeness (QED) is 0.100. The van der Waals surface area contributed by atoms with Gasteiger partial charge in [0.1, 0.15) is 12.0 Å². The van der Waals surface area contributed by atoms with Gasteiger partial charge in [0.25, 0.3) is 0 Å². The van der Waals surface area contributed by atoms with Crippen molar-refractivity contribution in [2.24, 2.45) is 0 Å². The molecule has 0 spiro atoms. The molecule has 12 rings (SSSR count). The number of para-hydroxylation sites is 4. The molecule has 0 saturated carbocycles. The van der Waals surface area contributed by atoms with Gasteiger partial charge in [0, 0.05) is 34.2 Å². The summed E-state index contributed by atoms with van der Waals surface area (Å²) in [6.07, 6.45) is 3.43. The van der Waals surface area contributed by atoms with E-state index >= 15 is 0 Å². The Bertz CT molecular complexity index is 3730. The zero-order valence-corrected chi connectivity index (χ0v) is 34.7. The van der Waals surface area contributed by atoms with Gasteiger partial charge < -0.3 is 13.5 Å². The van der Waals surface area contributed by atoms with Gasteiger partial charge >= 0.3 is 20.4 Å². The number of hydrogen-bond acceptors (Lipinski definition) is 5. The first kappa shape index (κ1) is 36.1. The van der Waals surface area contributed by atoms with Crippen LogP contribution >= 0.6 is 0 Å². The Balaban J connectivity index is 0.00000408. The Morgan fingerprint density at radius 1 is 0.483 bits per heavy atom. The van der Waals surface area contributed by atoms with E-state index in [1.54, 1.807) is 6.33 Å². The number of aryl methyl sites for hydroxylation is 4. The van der Waals surface area contributed by atoms with Crippen LogP contribution in [0.15, 0.2) is 134 Å². The molecule has 0 aliphatic heterocycles. The first-order valence-electron chi connectivity index (χ1n) is 19.8. The van der Waals surface area contributed by atoms with Gasteiger partial charge in [-0.3, -0.25) is 9.97 Å². The predicted molar refractivity (Wildman–Crippen MR) is 239 cm³/mol. The third-order valence-electron chi connectivity index (χ3n) is 12.0. The van der Waals surface area contributed by atoms with Crippen molar-refractivity contribution in [3.05, 3.63) is 168 Å². The van der Waals surface area contributed by atoms with Crippen molar-refractivity contribution >= 4 is 76.8 Å². The van der Waals surface area contributed by atoms with Crippen LogP contribution in [0.1, 0.15) is 22.3 Å². The third-order valence-corrected chi connectivity index (χ3v) is 12.0. The molecule has 0 aliphatic rings. The van der Waals surface area contributed by atoms with Crippen LogP contribution in [0.4, 0.5) is 0 Å². The average molecular weight is 865 g/mol. The van der Waals surface area contributed by atoms with Crippen molar-refractivity contribution in [1.29, 1.82) is 0 Å². The molecule has 0 radical (unpaired) electrons. The van der Waals surface area contributed by atoms with E-state index in [0.29, 0.717) is 11.5 Å². The van der Waals surface area contributed by atoms with Gasteiger partial charge in [-0.15, -0.1) is 12.1 Å². The van der Waals surface area contributed by atoms with Crippen LogP contribution in [0.3, 0.4) is 0 Å². The van der Waals surface area contributed by atoms with E-state index in [4.69, 9.17) is 14.7 Å². The SMILES string of the molecule is Cc1cccc(C)c1-c1ccc2c3ccc(Oc4[c-]c5c(cc4)c4cncnc4n4c6ccccc6nc54)[c-]c3c3nc4ccccc4n3c2c1-c1c(C)cccc1C.[Pd+2]. The number of rotatable bonds is 4. The molecule has 0 fully saturated rings. The van der Waals surface area contributed by atoms with Crippen molar-refractivity contribution in [3.63, 3.8) is 0 Å². The molecule has 0 amide bonds. The van der Waals surface area contributed by atoms with E-state index in [2.05, 4.69) is 144 Å². The van der Waals surface area contributed by atoms with Crippen molar-refractivity contribution in [2.75, 3.05) is 0 Å². The van der Waals surface area contributed by atoms with E-state index in [1.807, 2.05) is 42.6 Å². The summed E-state index contributed by atoms with van der Waals surface area (Å²) in [5.74, 6) is 1.12. The second-order valence-corrected chi connectivity index (χ2v) is 15.5. The Hall–Kier alpha value is -6.98. The average Bonchev–Trinajstić information content (AvgIpc) is 3.84. The van der Waals surface area contributed by atoms with Gasteiger partial charge in [0.2, 0.25) is 0 Å². The Labute approximate surface area is 358 Å². The van der Waals surface area contributed by atoms with E-state index in [9.17, 15) is 0 Å². The number of nitrogens with zero attached hydrogens (tertiary/aromatic N) is 6. The second kappa shape index (κ2) is 13.5. The molecule has 12 aromatic rings. The molecule has 0 unspecified atom stereocenters. The molecule has 7 nitrogen and oxygen atoms in total. The Morgan fingerprint density at radius 2 is 1.02 bits per heavy atom.